The summed E-state index contributed by atoms with van der Waals surface area (Å²) >= 11 is 0. The summed E-state index contributed by atoms with van der Waals surface area (Å²) in [7, 11) is 2.03. The minimum absolute atomic E-state index is 0.194. The number of fused-ring (bicyclic) bond motifs is 1. The fourth-order valence-electron chi connectivity index (χ4n) is 3.70. The quantitative estimate of drug-likeness (QED) is 0.757. The maximum absolute atomic E-state index is 13.6. The van der Waals surface area contributed by atoms with Gasteiger partial charge in [0.15, 0.2) is 0 Å². The van der Waals surface area contributed by atoms with Gasteiger partial charge in [0.05, 0.1) is 17.6 Å². The van der Waals surface area contributed by atoms with Crippen molar-refractivity contribution in [3.8, 4) is 0 Å². The number of rotatable bonds is 3. The number of nitrogens with zero attached hydrogens (tertiary/aromatic N) is 2. The molecule has 0 saturated heterocycles. The highest BCUT2D eigenvalue weighted by Crippen LogP contribution is 2.44. The van der Waals surface area contributed by atoms with Gasteiger partial charge in [0.2, 0.25) is 0 Å². The van der Waals surface area contributed by atoms with E-state index in [1.165, 1.54) is 11.1 Å². The second-order valence-electron chi connectivity index (χ2n) is 7.30. The maximum Gasteiger partial charge on any atom is 0.123 e. The van der Waals surface area contributed by atoms with Gasteiger partial charge >= 0.3 is 0 Å². The van der Waals surface area contributed by atoms with E-state index in [9.17, 15) is 4.39 Å². The summed E-state index contributed by atoms with van der Waals surface area (Å²) in [6.07, 6.45) is 2.90. The molecule has 3 heteroatoms. The molecule has 0 bridgehead atoms. The van der Waals surface area contributed by atoms with Gasteiger partial charge in [-0.1, -0.05) is 38.1 Å². The lowest BCUT2D eigenvalue weighted by molar-refractivity contribution is 0.290. The van der Waals surface area contributed by atoms with Gasteiger partial charge in [-0.2, -0.15) is 0 Å². The normalized spacial score (nSPS) is 19.7. The molecule has 0 aromatic heterocycles. The summed E-state index contributed by atoms with van der Waals surface area (Å²) in [5.41, 5.74) is 5.23. The van der Waals surface area contributed by atoms with Crippen molar-refractivity contribution in [2.75, 3.05) is 7.05 Å². The zero-order valence-electron chi connectivity index (χ0n) is 15.1. The Balaban J connectivity index is 2.22. The lowest BCUT2D eigenvalue weighted by Gasteiger charge is -2.43. The van der Waals surface area contributed by atoms with Crippen LogP contribution in [0.25, 0.3) is 0 Å². The number of aryl methyl sites for hydroxylation is 1. The van der Waals surface area contributed by atoms with Crippen LogP contribution in [0.15, 0.2) is 41.4 Å². The van der Waals surface area contributed by atoms with Gasteiger partial charge in [0.25, 0.3) is 0 Å². The summed E-state index contributed by atoms with van der Waals surface area (Å²) in [6.45, 7) is 8.61. The second kappa shape index (κ2) is 6.04. The fourth-order valence-corrected chi connectivity index (χ4v) is 3.70. The molecule has 1 aliphatic rings. The molecule has 2 nitrogen and oxygen atoms in total. The van der Waals surface area contributed by atoms with E-state index in [4.69, 9.17) is 4.99 Å². The van der Waals surface area contributed by atoms with Crippen LogP contribution in [0.5, 0.6) is 0 Å². The molecule has 126 valence electrons. The van der Waals surface area contributed by atoms with Crippen molar-refractivity contribution in [2.45, 2.75) is 39.7 Å². The van der Waals surface area contributed by atoms with Gasteiger partial charge in [-0.25, -0.2) is 9.38 Å². The van der Waals surface area contributed by atoms with Crippen molar-refractivity contribution in [1.29, 1.82) is 0 Å². The Bertz CT molecular complexity index is 794. The SMILES string of the molecule is Cc1cc(F)ccc1C1(C)c2cccc(CC(C)C)c2N=CN1C. The Kier molecular flexibility index (Phi) is 4.20. The number of benzene rings is 2. The molecule has 0 spiro atoms. The highest BCUT2D eigenvalue weighted by Gasteiger charge is 2.38. The molecular formula is C21H25FN2. The summed E-state index contributed by atoms with van der Waals surface area (Å²) < 4.78 is 13.6. The molecule has 0 radical (unpaired) electrons. The predicted octanol–water partition coefficient (Wildman–Crippen LogP) is 5.20. The Morgan fingerprint density at radius 3 is 2.58 bits per heavy atom. The Hall–Kier alpha value is -2.16. The average Bonchev–Trinajstić information content (AvgIpc) is 2.51. The third kappa shape index (κ3) is 2.62. The van der Waals surface area contributed by atoms with E-state index >= 15 is 0 Å². The Morgan fingerprint density at radius 1 is 1.17 bits per heavy atom. The van der Waals surface area contributed by atoms with E-state index < -0.39 is 0 Å². The van der Waals surface area contributed by atoms with Crippen LogP contribution in [0.2, 0.25) is 0 Å². The zero-order chi connectivity index (χ0) is 17.5. The van der Waals surface area contributed by atoms with Crippen molar-refractivity contribution < 1.29 is 4.39 Å². The Labute approximate surface area is 144 Å². The van der Waals surface area contributed by atoms with Crippen molar-refractivity contribution in [3.05, 3.63) is 64.5 Å². The van der Waals surface area contributed by atoms with Crippen LogP contribution in [0.4, 0.5) is 10.1 Å². The number of hydrogen-bond donors (Lipinski definition) is 0. The Morgan fingerprint density at radius 2 is 1.92 bits per heavy atom. The van der Waals surface area contributed by atoms with Gasteiger partial charge in [-0.15, -0.1) is 0 Å². The molecule has 0 aliphatic carbocycles. The van der Waals surface area contributed by atoms with Crippen molar-refractivity contribution in [3.63, 3.8) is 0 Å². The van der Waals surface area contributed by atoms with Crippen LogP contribution < -0.4 is 0 Å². The highest BCUT2D eigenvalue weighted by atomic mass is 19.1. The van der Waals surface area contributed by atoms with E-state index in [1.54, 1.807) is 12.1 Å². The molecule has 24 heavy (non-hydrogen) atoms. The first-order valence-electron chi connectivity index (χ1n) is 8.50. The molecule has 1 atom stereocenters. The molecular weight excluding hydrogens is 299 g/mol. The second-order valence-corrected chi connectivity index (χ2v) is 7.30. The number of hydrogen-bond acceptors (Lipinski definition) is 2. The fraction of sp³-hybridized carbons (Fsp3) is 0.381. The lowest BCUT2D eigenvalue weighted by atomic mass is 9.78. The summed E-state index contributed by atoms with van der Waals surface area (Å²) in [4.78, 5) is 6.84. The third-order valence-electron chi connectivity index (χ3n) is 5.05. The molecule has 3 rings (SSSR count). The molecule has 0 N–H and O–H groups in total. The minimum atomic E-state index is -0.359. The van der Waals surface area contributed by atoms with E-state index in [1.807, 2.05) is 26.4 Å². The van der Waals surface area contributed by atoms with E-state index in [2.05, 4.69) is 43.9 Å². The van der Waals surface area contributed by atoms with Crippen LogP contribution in [0, 0.1) is 18.7 Å². The summed E-state index contributed by atoms with van der Waals surface area (Å²) in [6, 6.07) is 11.5. The van der Waals surface area contributed by atoms with Crippen molar-refractivity contribution in [2.24, 2.45) is 10.9 Å². The zero-order valence-corrected chi connectivity index (χ0v) is 15.1. The van der Waals surface area contributed by atoms with Gasteiger partial charge < -0.3 is 4.90 Å². The molecule has 1 unspecified atom stereocenters. The molecule has 2 aromatic carbocycles. The molecule has 2 aromatic rings. The standard InChI is InChI=1S/C21H25FN2/c1-14(2)11-16-7-6-8-19-20(16)23-13-24(5)21(19,4)18-10-9-17(22)12-15(18)3/h6-10,12-14H,11H2,1-5H3. The molecule has 1 heterocycles. The van der Waals surface area contributed by atoms with Gasteiger partial charge in [0.1, 0.15) is 5.82 Å². The van der Waals surface area contributed by atoms with E-state index in [0.717, 1.165) is 23.2 Å². The minimum Gasteiger partial charge on any atom is -0.352 e. The first-order valence-corrected chi connectivity index (χ1v) is 8.50. The van der Waals surface area contributed by atoms with Crippen molar-refractivity contribution >= 4 is 12.0 Å². The molecule has 0 amide bonds. The number of para-hydroxylation sites is 1. The van der Waals surface area contributed by atoms with Gasteiger partial charge in [-0.3, -0.25) is 0 Å². The topological polar surface area (TPSA) is 15.6 Å². The molecule has 0 saturated carbocycles. The summed E-state index contributed by atoms with van der Waals surface area (Å²) in [5, 5.41) is 0. The average molecular weight is 324 g/mol. The van der Waals surface area contributed by atoms with Crippen LogP contribution >= 0.6 is 0 Å². The molecule has 0 fully saturated rings. The first-order chi connectivity index (χ1) is 11.3. The first kappa shape index (κ1) is 16.7. The van der Waals surface area contributed by atoms with Crippen LogP contribution in [0.3, 0.4) is 0 Å². The largest absolute Gasteiger partial charge is 0.352 e. The predicted molar refractivity (Wildman–Crippen MR) is 98.5 cm³/mol. The molecule has 1 aliphatic heterocycles. The van der Waals surface area contributed by atoms with Crippen LogP contribution in [-0.2, 0) is 12.0 Å². The van der Waals surface area contributed by atoms with Gasteiger partial charge in [-0.05, 0) is 55.0 Å². The van der Waals surface area contributed by atoms with Crippen molar-refractivity contribution in [1.82, 2.24) is 4.90 Å². The van der Waals surface area contributed by atoms with E-state index in [0.29, 0.717) is 5.92 Å². The summed E-state index contributed by atoms with van der Waals surface area (Å²) in [5.74, 6) is 0.380. The lowest BCUT2D eigenvalue weighted by Crippen LogP contribution is -2.44. The smallest absolute Gasteiger partial charge is 0.123 e. The van der Waals surface area contributed by atoms with E-state index in [-0.39, 0.29) is 11.4 Å². The number of aliphatic imine (C=N–C) groups is 1. The maximum atomic E-state index is 13.6. The number of halogens is 1. The van der Waals surface area contributed by atoms with Crippen LogP contribution in [-0.4, -0.2) is 18.3 Å². The third-order valence-corrected chi connectivity index (χ3v) is 5.05. The monoisotopic (exact) mass is 324 g/mol. The van der Waals surface area contributed by atoms with Gasteiger partial charge in [0, 0.05) is 12.6 Å². The highest BCUT2D eigenvalue weighted by molar-refractivity contribution is 5.74. The van der Waals surface area contributed by atoms with Crippen LogP contribution in [0.1, 0.15) is 43.0 Å².